The van der Waals surface area contributed by atoms with Gasteiger partial charge in [0.1, 0.15) is 18.9 Å². The molecule has 1 heterocycles. The summed E-state index contributed by atoms with van der Waals surface area (Å²) >= 11 is 0. The van der Waals surface area contributed by atoms with Crippen LogP contribution in [0.3, 0.4) is 0 Å². The quantitative estimate of drug-likeness (QED) is 0.753. The zero-order chi connectivity index (χ0) is 15.1. The van der Waals surface area contributed by atoms with Crippen molar-refractivity contribution in [2.24, 2.45) is 0 Å². The number of carbonyl (C=O) groups excluding carboxylic acids is 1. The Morgan fingerprint density at radius 2 is 2.24 bits per heavy atom. The fourth-order valence-corrected chi connectivity index (χ4v) is 2.25. The highest BCUT2D eigenvalue weighted by atomic mass is 16.5. The van der Waals surface area contributed by atoms with E-state index in [1.165, 1.54) is 4.90 Å². The Labute approximate surface area is 125 Å². The molecule has 1 aromatic carbocycles. The molecule has 1 fully saturated rings. The molecule has 0 N–H and O–H groups in total. The highest BCUT2D eigenvalue weighted by molar-refractivity contribution is 5.94. The van der Waals surface area contributed by atoms with Gasteiger partial charge >= 0.3 is 0 Å². The van der Waals surface area contributed by atoms with Crippen LogP contribution in [0.5, 0.6) is 5.75 Å². The lowest BCUT2D eigenvalue weighted by Crippen LogP contribution is -2.31. The monoisotopic (exact) mass is 288 g/mol. The molecule has 0 aliphatic carbocycles. The molecule has 1 aliphatic heterocycles. The van der Waals surface area contributed by atoms with E-state index in [1.54, 1.807) is 24.3 Å². The van der Waals surface area contributed by atoms with E-state index in [4.69, 9.17) is 14.7 Å². The molecule has 1 atom stereocenters. The van der Waals surface area contributed by atoms with E-state index in [9.17, 15) is 4.79 Å². The zero-order valence-corrected chi connectivity index (χ0v) is 12.2. The highest BCUT2D eigenvalue weighted by Crippen LogP contribution is 2.17. The molecule has 0 spiro atoms. The summed E-state index contributed by atoms with van der Waals surface area (Å²) in [4.78, 5) is 13.7. The maximum absolute atomic E-state index is 12.2. The van der Waals surface area contributed by atoms with Crippen molar-refractivity contribution in [1.29, 1.82) is 5.26 Å². The molecule has 0 saturated carbocycles. The van der Waals surface area contributed by atoms with Gasteiger partial charge in [-0.05, 0) is 44.0 Å². The van der Waals surface area contributed by atoms with Gasteiger partial charge in [0.15, 0.2) is 0 Å². The Morgan fingerprint density at radius 3 is 2.81 bits per heavy atom. The molecule has 1 saturated heterocycles. The zero-order valence-electron chi connectivity index (χ0n) is 12.2. The van der Waals surface area contributed by atoms with Crippen LogP contribution in [-0.4, -0.2) is 43.2 Å². The SMILES string of the molecule is CCN(CC#N)C(=O)c1ccc(OCC2CCCO2)cc1. The maximum atomic E-state index is 12.2. The summed E-state index contributed by atoms with van der Waals surface area (Å²) in [7, 11) is 0. The van der Waals surface area contributed by atoms with Gasteiger partial charge in [-0.3, -0.25) is 4.79 Å². The third kappa shape index (κ3) is 4.20. The van der Waals surface area contributed by atoms with Gasteiger partial charge in [-0.2, -0.15) is 5.26 Å². The van der Waals surface area contributed by atoms with Gasteiger partial charge in [-0.15, -0.1) is 0 Å². The summed E-state index contributed by atoms with van der Waals surface area (Å²) < 4.78 is 11.1. The molecule has 5 heteroatoms. The fourth-order valence-electron chi connectivity index (χ4n) is 2.25. The first kappa shape index (κ1) is 15.3. The molecule has 0 bridgehead atoms. The number of ether oxygens (including phenoxy) is 2. The minimum Gasteiger partial charge on any atom is -0.491 e. The van der Waals surface area contributed by atoms with Crippen LogP contribution in [-0.2, 0) is 4.74 Å². The van der Waals surface area contributed by atoms with Crippen molar-refractivity contribution >= 4 is 5.91 Å². The molecule has 21 heavy (non-hydrogen) atoms. The van der Waals surface area contributed by atoms with E-state index in [0.717, 1.165) is 25.2 Å². The summed E-state index contributed by atoms with van der Waals surface area (Å²) in [6.07, 6.45) is 2.31. The summed E-state index contributed by atoms with van der Waals surface area (Å²) in [6.45, 7) is 3.83. The Bertz CT molecular complexity index is 501. The lowest BCUT2D eigenvalue weighted by Gasteiger charge is -2.17. The van der Waals surface area contributed by atoms with Crippen molar-refractivity contribution in [3.8, 4) is 11.8 Å². The second-order valence-corrected chi connectivity index (χ2v) is 4.95. The third-order valence-corrected chi connectivity index (χ3v) is 3.49. The predicted octanol–water partition coefficient (Wildman–Crippen LogP) is 2.23. The molecule has 1 amide bonds. The summed E-state index contributed by atoms with van der Waals surface area (Å²) in [6, 6.07) is 9.02. The van der Waals surface area contributed by atoms with Crippen molar-refractivity contribution in [3.63, 3.8) is 0 Å². The van der Waals surface area contributed by atoms with Crippen LogP contribution < -0.4 is 4.74 Å². The minimum atomic E-state index is -0.135. The molecular formula is C16H20N2O3. The average Bonchev–Trinajstić information content (AvgIpc) is 3.04. The van der Waals surface area contributed by atoms with Crippen molar-refractivity contribution in [2.75, 3.05) is 26.3 Å². The average molecular weight is 288 g/mol. The number of benzene rings is 1. The number of carbonyl (C=O) groups is 1. The van der Waals surface area contributed by atoms with Gasteiger partial charge in [0.05, 0.1) is 12.2 Å². The largest absolute Gasteiger partial charge is 0.491 e. The van der Waals surface area contributed by atoms with Gasteiger partial charge in [-0.1, -0.05) is 0 Å². The van der Waals surface area contributed by atoms with Crippen molar-refractivity contribution < 1.29 is 14.3 Å². The maximum Gasteiger partial charge on any atom is 0.254 e. The van der Waals surface area contributed by atoms with E-state index in [-0.39, 0.29) is 18.6 Å². The van der Waals surface area contributed by atoms with Crippen molar-refractivity contribution in [3.05, 3.63) is 29.8 Å². The Hall–Kier alpha value is -2.06. The third-order valence-electron chi connectivity index (χ3n) is 3.49. The number of hydrogen-bond donors (Lipinski definition) is 0. The fraction of sp³-hybridized carbons (Fsp3) is 0.500. The van der Waals surface area contributed by atoms with E-state index < -0.39 is 0 Å². The van der Waals surface area contributed by atoms with Gasteiger partial charge in [-0.25, -0.2) is 0 Å². The van der Waals surface area contributed by atoms with Gasteiger partial charge in [0.25, 0.3) is 5.91 Å². The molecule has 0 aromatic heterocycles. The number of nitriles is 1. The molecule has 112 valence electrons. The smallest absolute Gasteiger partial charge is 0.254 e. The van der Waals surface area contributed by atoms with Crippen LogP contribution in [0.2, 0.25) is 0 Å². The summed E-state index contributed by atoms with van der Waals surface area (Å²) in [5, 5.41) is 8.71. The Morgan fingerprint density at radius 1 is 1.48 bits per heavy atom. The van der Waals surface area contributed by atoms with E-state index in [1.807, 2.05) is 13.0 Å². The number of hydrogen-bond acceptors (Lipinski definition) is 4. The predicted molar refractivity (Wildman–Crippen MR) is 78.1 cm³/mol. The van der Waals surface area contributed by atoms with Crippen LogP contribution in [0.15, 0.2) is 24.3 Å². The molecule has 1 unspecified atom stereocenters. The molecule has 1 aromatic rings. The molecular weight excluding hydrogens is 268 g/mol. The first-order valence-electron chi connectivity index (χ1n) is 7.25. The van der Waals surface area contributed by atoms with E-state index in [0.29, 0.717) is 18.7 Å². The van der Waals surface area contributed by atoms with Crippen LogP contribution in [0.4, 0.5) is 0 Å². The second-order valence-electron chi connectivity index (χ2n) is 4.95. The molecule has 1 aliphatic rings. The normalized spacial score (nSPS) is 17.2. The first-order valence-corrected chi connectivity index (χ1v) is 7.25. The second kappa shape index (κ2) is 7.65. The lowest BCUT2D eigenvalue weighted by atomic mass is 10.2. The minimum absolute atomic E-state index is 0.104. The van der Waals surface area contributed by atoms with Gasteiger partial charge in [0.2, 0.25) is 0 Å². The Kier molecular flexibility index (Phi) is 5.59. The molecule has 5 nitrogen and oxygen atoms in total. The Balaban J connectivity index is 1.91. The molecule has 2 rings (SSSR count). The number of rotatable bonds is 6. The highest BCUT2D eigenvalue weighted by Gasteiger charge is 2.16. The topological polar surface area (TPSA) is 62.6 Å². The van der Waals surface area contributed by atoms with E-state index in [2.05, 4.69) is 0 Å². The van der Waals surface area contributed by atoms with E-state index >= 15 is 0 Å². The van der Waals surface area contributed by atoms with Gasteiger partial charge in [0, 0.05) is 18.7 Å². The van der Waals surface area contributed by atoms with Crippen LogP contribution in [0.1, 0.15) is 30.1 Å². The van der Waals surface area contributed by atoms with Crippen LogP contribution >= 0.6 is 0 Å². The first-order chi connectivity index (χ1) is 10.2. The number of nitrogens with zero attached hydrogens (tertiary/aromatic N) is 2. The lowest BCUT2D eigenvalue weighted by molar-refractivity contribution is 0.0679. The van der Waals surface area contributed by atoms with Gasteiger partial charge < -0.3 is 14.4 Å². The summed E-state index contributed by atoms with van der Waals surface area (Å²) in [5.74, 6) is 0.593. The van der Waals surface area contributed by atoms with Crippen LogP contribution in [0, 0.1) is 11.3 Å². The van der Waals surface area contributed by atoms with Crippen molar-refractivity contribution in [1.82, 2.24) is 4.90 Å². The van der Waals surface area contributed by atoms with Crippen molar-refractivity contribution in [2.45, 2.75) is 25.9 Å². The molecule has 0 radical (unpaired) electrons. The van der Waals surface area contributed by atoms with Crippen LogP contribution in [0.25, 0.3) is 0 Å². The summed E-state index contributed by atoms with van der Waals surface area (Å²) in [5.41, 5.74) is 0.566. The standard InChI is InChI=1S/C16H20N2O3/c1-2-18(10-9-17)16(19)13-5-7-14(8-6-13)21-12-15-4-3-11-20-15/h5-8,15H,2-4,10-12H2,1H3. The number of amides is 1.